The first-order chi connectivity index (χ1) is 56.0. The zero-order valence-corrected chi connectivity index (χ0v) is 74.8. The highest BCUT2D eigenvalue weighted by molar-refractivity contribution is 7.29. The molecule has 0 bridgehead atoms. The number of hydrogen-bond donors (Lipinski definition) is 0. The summed E-state index contributed by atoms with van der Waals surface area (Å²) in [6.07, 6.45) is 39.0. The van der Waals surface area contributed by atoms with Crippen molar-refractivity contribution < 1.29 is 14.4 Å². The van der Waals surface area contributed by atoms with Crippen LogP contribution >= 0.6 is 102 Å². The van der Waals surface area contributed by atoms with Crippen molar-refractivity contribution in [2.45, 2.75) is 250 Å². The van der Waals surface area contributed by atoms with Gasteiger partial charge >= 0.3 is 0 Å². The third-order valence-electron chi connectivity index (χ3n) is 25.3. The second-order valence-corrected chi connectivity index (χ2v) is 42.4. The maximum atomic E-state index is 11.9. The Morgan fingerprint density at radius 3 is 0.614 bits per heavy atom. The Labute approximate surface area is 714 Å². The van der Waals surface area contributed by atoms with Gasteiger partial charge in [0.15, 0.2) is 18.9 Å². The van der Waals surface area contributed by atoms with Gasteiger partial charge in [-0.2, -0.15) is 0 Å². The molecule has 0 N–H and O–H groups in total. The Morgan fingerprint density at radius 2 is 0.412 bits per heavy atom. The fourth-order valence-corrected chi connectivity index (χ4v) is 28.8. The van der Waals surface area contributed by atoms with E-state index in [1.54, 1.807) is 84.1 Å². The lowest BCUT2D eigenvalue weighted by molar-refractivity contribution is 0.111. The molecule has 0 radical (unpaired) electrons. The van der Waals surface area contributed by atoms with Crippen molar-refractivity contribution in [2.75, 3.05) is 0 Å². The van der Waals surface area contributed by atoms with Crippen molar-refractivity contribution >= 4 is 121 Å². The molecule has 0 fully saturated rings. The van der Waals surface area contributed by atoms with E-state index in [0.717, 1.165) is 86.6 Å². The topological polar surface area (TPSA) is 51.2 Å². The number of rotatable bonds is 42. The third-order valence-corrected chi connectivity index (χ3v) is 36.1. The summed E-state index contributed by atoms with van der Waals surface area (Å²) in [5.74, 6) is 0. The molecule has 0 spiro atoms. The molecule has 114 heavy (non-hydrogen) atoms. The maximum absolute atomic E-state index is 11.9. The largest absolute Gasteiger partial charge is 0.297 e. The Balaban J connectivity index is 0.971. The molecule has 0 aliphatic heterocycles. The molecule has 588 valence electrons. The molecule has 0 saturated heterocycles. The van der Waals surface area contributed by atoms with Gasteiger partial charge in [-0.15, -0.1) is 102 Å². The van der Waals surface area contributed by atoms with Crippen LogP contribution in [0, 0.1) is 0 Å². The van der Waals surface area contributed by atoms with Gasteiger partial charge in [0.2, 0.25) is 0 Å². The fraction of sp³-hybridized carbons (Fsp3) is 0.382. The quantitative estimate of drug-likeness (QED) is 0.0283. The summed E-state index contributed by atoms with van der Waals surface area (Å²) in [7, 11) is 0. The van der Waals surface area contributed by atoms with Crippen LogP contribution in [-0.4, -0.2) is 18.9 Å². The first-order valence-corrected chi connectivity index (χ1v) is 50.4. The van der Waals surface area contributed by atoms with Crippen molar-refractivity contribution in [3.63, 3.8) is 0 Å². The van der Waals surface area contributed by atoms with Gasteiger partial charge in [-0.05, 0) is 249 Å². The van der Waals surface area contributed by atoms with Crippen molar-refractivity contribution in [2.24, 2.45) is 0 Å². The molecule has 9 aromatic heterocycles. The molecule has 4 aromatic carbocycles. The molecule has 3 nitrogen and oxygen atoms in total. The van der Waals surface area contributed by atoms with Gasteiger partial charge in [-0.25, -0.2) is 0 Å². The number of carbonyl (C=O) groups is 3. The molecule has 0 atom stereocenters. The van der Waals surface area contributed by atoms with E-state index >= 15 is 0 Å². The zero-order valence-electron chi connectivity index (χ0n) is 67.4. The Kier molecular flexibility index (Phi) is 26.0. The highest BCUT2D eigenvalue weighted by Crippen LogP contribution is 2.72. The second-order valence-electron chi connectivity index (χ2n) is 32.6. The molecule has 0 saturated carbocycles. The van der Waals surface area contributed by atoms with E-state index in [1.807, 2.05) is 86.2 Å². The number of carbonyl (C=O) groups excluding carboxylic acids is 3. The number of aldehydes is 3. The van der Waals surface area contributed by atoms with Gasteiger partial charge in [-0.3, -0.25) is 14.4 Å². The van der Waals surface area contributed by atoms with Crippen LogP contribution < -0.4 is 0 Å². The standard InChI is InChI=1S/C102H108O3S9/c1-7-13-19-25-55-100(56-26-20-14-8-2)76-61-67(79-43-46-88(109-79)91-52-49-85(112-91)82-40-34-70(64-103)106-82)31-37-73(76)94-97(100)95-74-38-32-68(80-44-47-89(110-80)92-53-50-86(113-92)83-41-35-71(65-104)107-83)62-77(74)101(57-27-21-15-9-3,58-28-22-16-10-4)99(95)96-75-39-33-69(63-78(75)102(98(94)96,59-29-23-17-11-5)60-30-24-18-12-6)81-45-48-90(111-81)93-54-51-87(114-93)84-42-36-72(66-105)108-84/h31-54,61-66H,7-30,55-60H2,1-6H3. The first-order valence-electron chi connectivity index (χ1n) is 43.0. The van der Waals surface area contributed by atoms with E-state index < -0.39 is 0 Å². The summed E-state index contributed by atoms with van der Waals surface area (Å²) in [5, 5.41) is 0. The van der Waals surface area contributed by atoms with Crippen LogP contribution in [-0.2, 0) is 16.2 Å². The van der Waals surface area contributed by atoms with E-state index in [-0.39, 0.29) is 16.2 Å². The van der Waals surface area contributed by atoms with Crippen LogP contribution in [0.2, 0.25) is 0 Å². The number of hydrogen-bond acceptors (Lipinski definition) is 12. The molecule has 9 heterocycles. The molecule has 0 amide bonds. The van der Waals surface area contributed by atoms with Gasteiger partial charge in [-0.1, -0.05) is 232 Å². The van der Waals surface area contributed by atoms with Crippen LogP contribution in [0.4, 0.5) is 0 Å². The van der Waals surface area contributed by atoms with Crippen LogP contribution in [0.5, 0.6) is 0 Å². The molecule has 3 aliphatic carbocycles. The second kappa shape index (κ2) is 36.6. The van der Waals surface area contributed by atoms with E-state index in [9.17, 15) is 14.4 Å². The molecule has 13 aromatic rings. The van der Waals surface area contributed by atoms with Crippen LogP contribution in [0.1, 0.15) is 297 Å². The van der Waals surface area contributed by atoms with Crippen molar-refractivity contribution in [1.82, 2.24) is 0 Å². The number of fused-ring (bicyclic) bond motifs is 12. The van der Waals surface area contributed by atoms with Gasteiger partial charge in [0.1, 0.15) is 0 Å². The molecule has 16 rings (SSSR count). The Hall–Kier alpha value is -6.81. The average molecular weight is 1670 g/mol. The lowest BCUT2D eigenvalue weighted by Crippen LogP contribution is -2.31. The number of unbranched alkanes of at least 4 members (excludes halogenated alkanes) is 18. The minimum atomic E-state index is -0.257. The molecular formula is C102H108O3S9. The lowest BCUT2D eigenvalue weighted by atomic mass is 9.63. The summed E-state index contributed by atoms with van der Waals surface area (Å²) >= 11 is 16.1. The number of thiophene rings is 9. The SMILES string of the molecule is CCCCCCC1(CCCCCC)c2cc(-c3ccc(-c4ccc(-c5ccc(C=O)s5)s4)s3)ccc2-c2c1c1c(c3c2C(CCCCCC)(CCCCCC)c2cc(-c4ccc(-c5ccc(-c6ccc(C=O)s6)s5)s4)ccc2-3)C(CCCCCC)(CCCCCC)c2cc(-c3ccc(-c4ccc(-c5ccc(C=O)s5)s4)s3)ccc2-1. The monoisotopic (exact) mass is 1670 g/mol. The summed E-state index contributed by atoms with van der Waals surface area (Å²) < 4.78 is 0. The Bertz CT molecular complexity index is 4920. The van der Waals surface area contributed by atoms with Gasteiger partial charge in [0.25, 0.3) is 0 Å². The summed E-state index contributed by atoms with van der Waals surface area (Å²) in [6.45, 7) is 14.4. The Morgan fingerprint density at radius 1 is 0.219 bits per heavy atom. The fourth-order valence-electron chi connectivity index (χ4n) is 19.7. The third kappa shape index (κ3) is 15.8. The van der Waals surface area contributed by atoms with Crippen molar-refractivity contribution in [3.05, 3.63) is 212 Å². The minimum absolute atomic E-state index is 0.257. The first kappa shape index (κ1) is 81.0. The van der Waals surface area contributed by atoms with Gasteiger partial charge in [0, 0.05) is 89.4 Å². The van der Waals surface area contributed by atoms with Crippen molar-refractivity contribution in [3.8, 4) is 123 Å². The van der Waals surface area contributed by atoms with Crippen LogP contribution in [0.25, 0.3) is 123 Å². The predicted octanol–water partition coefficient (Wildman–Crippen LogP) is 35.3. The van der Waals surface area contributed by atoms with E-state index in [1.165, 1.54) is 246 Å². The lowest BCUT2D eigenvalue weighted by Gasteiger charge is -2.40. The number of benzene rings is 4. The van der Waals surface area contributed by atoms with Crippen molar-refractivity contribution in [1.29, 1.82) is 0 Å². The highest BCUT2D eigenvalue weighted by Gasteiger charge is 2.58. The minimum Gasteiger partial charge on any atom is -0.297 e. The van der Waals surface area contributed by atoms with E-state index in [2.05, 4.69) is 187 Å². The molecule has 3 aliphatic rings. The normalized spacial score (nSPS) is 13.8. The molecule has 0 unspecified atom stereocenters. The van der Waals surface area contributed by atoms with Crippen LogP contribution in [0.3, 0.4) is 0 Å². The molecule has 12 heteroatoms. The smallest absolute Gasteiger partial charge is 0.160 e. The maximum Gasteiger partial charge on any atom is 0.160 e. The summed E-state index contributed by atoms with van der Waals surface area (Å²) in [4.78, 5) is 56.7. The van der Waals surface area contributed by atoms with Gasteiger partial charge < -0.3 is 0 Å². The van der Waals surface area contributed by atoms with E-state index in [4.69, 9.17) is 0 Å². The van der Waals surface area contributed by atoms with E-state index in [0.29, 0.717) is 0 Å². The predicted molar refractivity (Wildman–Crippen MR) is 504 cm³/mol. The zero-order chi connectivity index (χ0) is 78.3. The molecular weight excluding hydrogens is 1560 g/mol. The average Bonchev–Trinajstić information content (AvgIpc) is 1.48. The van der Waals surface area contributed by atoms with Crippen LogP contribution in [0.15, 0.2) is 164 Å². The summed E-state index contributed by atoms with van der Waals surface area (Å²) in [5.41, 5.74) is 22.6. The highest BCUT2D eigenvalue weighted by atomic mass is 32.1. The van der Waals surface area contributed by atoms with Gasteiger partial charge in [0.05, 0.1) is 14.6 Å². The summed E-state index contributed by atoms with van der Waals surface area (Å²) in [6, 6.07) is 64.5.